The molecule has 0 radical (unpaired) electrons. The van der Waals surface area contributed by atoms with Crippen molar-refractivity contribution in [3.05, 3.63) is 201 Å². The van der Waals surface area contributed by atoms with E-state index in [-0.39, 0.29) is 0 Å². The second kappa shape index (κ2) is 14.8. The maximum Gasteiger partial charge on any atom is 0.164 e. The molecular weight excluding hydrogens is 739 g/mol. The number of benzene rings is 6. The lowest BCUT2D eigenvalue weighted by atomic mass is 9.99. The summed E-state index contributed by atoms with van der Waals surface area (Å²) < 4.78 is 4.34. The largest absolute Gasteiger partial charge is 0.292 e. The van der Waals surface area contributed by atoms with Gasteiger partial charge in [0.15, 0.2) is 17.5 Å². The fraction of sp³-hybridized carbons (Fsp3) is 0. The Balaban J connectivity index is 1.10. The molecule has 5 aromatic heterocycles. The molecule has 0 unspecified atom stereocenters. The maximum atomic E-state index is 5.23. The summed E-state index contributed by atoms with van der Waals surface area (Å²) in [6, 6.07) is 59.5. The van der Waals surface area contributed by atoms with E-state index in [0.717, 1.165) is 84.0 Å². The minimum absolute atomic E-state index is 0.542. The molecule has 0 N–H and O–H groups in total. The molecule has 9 nitrogen and oxygen atoms in total. The van der Waals surface area contributed by atoms with E-state index in [1.807, 2.05) is 115 Å². The average Bonchev–Trinajstić information content (AvgIpc) is 3.92. The Bertz CT molecular complexity index is 3140. The lowest BCUT2D eigenvalue weighted by Crippen LogP contribution is -2.02. The normalized spacial score (nSPS) is 11.3. The van der Waals surface area contributed by atoms with Gasteiger partial charge in [0, 0.05) is 52.6 Å². The first kappa shape index (κ1) is 34.8. The highest BCUT2D eigenvalue weighted by molar-refractivity contribution is 5.86. The van der Waals surface area contributed by atoms with E-state index in [1.165, 1.54) is 0 Å². The second-order valence-corrected chi connectivity index (χ2v) is 14.3. The van der Waals surface area contributed by atoms with Crippen LogP contribution in [0.1, 0.15) is 0 Å². The molecule has 9 heteroatoms. The molecule has 0 aliphatic carbocycles. The number of hydrogen-bond donors (Lipinski definition) is 0. The van der Waals surface area contributed by atoms with E-state index in [0.29, 0.717) is 17.5 Å². The summed E-state index contributed by atoms with van der Waals surface area (Å²) in [4.78, 5) is 34.5. The van der Waals surface area contributed by atoms with Crippen molar-refractivity contribution >= 4 is 22.1 Å². The second-order valence-electron chi connectivity index (χ2n) is 14.3. The van der Waals surface area contributed by atoms with Crippen molar-refractivity contribution in [1.82, 2.24) is 44.0 Å². The van der Waals surface area contributed by atoms with Crippen LogP contribution in [0.4, 0.5) is 0 Å². The molecule has 6 aromatic carbocycles. The zero-order valence-electron chi connectivity index (χ0n) is 32.1. The Hall–Kier alpha value is -8.43. The summed E-state index contributed by atoms with van der Waals surface area (Å²) in [6.07, 6.45) is 7.20. The number of fused-ring (bicyclic) bond motifs is 2. The molecule has 0 saturated carbocycles. The highest BCUT2D eigenvalue weighted by Gasteiger charge is 2.20. The molecule has 0 fully saturated rings. The van der Waals surface area contributed by atoms with Gasteiger partial charge in [-0.3, -0.25) is 19.1 Å². The average molecular weight is 772 g/mol. The molecule has 11 aromatic rings. The Morgan fingerprint density at radius 3 is 1.25 bits per heavy atom. The first-order valence-electron chi connectivity index (χ1n) is 19.6. The van der Waals surface area contributed by atoms with Gasteiger partial charge in [-0.15, -0.1) is 0 Å². The van der Waals surface area contributed by atoms with Crippen molar-refractivity contribution in [2.45, 2.75) is 0 Å². The summed E-state index contributed by atoms with van der Waals surface area (Å²) in [5.74, 6) is 3.26. The molecule has 0 spiro atoms. The predicted octanol–water partition coefficient (Wildman–Crippen LogP) is 11.3. The third-order valence-corrected chi connectivity index (χ3v) is 10.6. The maximum absolute atomic E-state index is 5.23. The lowest BCUT2D eigenvalue weighted by Gasteiger charge is -2.13. The topological polar surface area (TPSA) is 100 Å². The predicted molar refractivity (Wildman–Crippen MR) is 237 cm³/mol. The van der Waals surface area contributed by atoms with Crippen LogP contribution in [-0.4, -0.2) is 44.0 Å². The van der Waals surface area contributed by atoms with Crippen LogP contribution in [0.5, 0.6) is 0 Å². The Labute approximate surface area is 345 Å². The third-order valence-electron chi connectivity index (χ3n) is 10.6. The van der Waals surface area contributed by atoms with E-state index >= 15 is 0 Å². The molecule has 0 aliphatic heterocycles. The highest BCUT2D eigenvalue weighted by Crippen LogP contribution is 2.36. The van der Waals surface area contributed by atoms with Crippen molar-refractivity contribution in [2.24, 2.45) is 0 Å². The number of aromatic nitrogens is 9. The number of para-hydroxylation sites is 4. The monoisotopic (exact) mass is 771 g/mol. The summed E-state index contributed by atoms with van der Waals surface area (Å²) in [6.45, 7) is 0. The van der Waals surface area contributed by atoms with Gasteiger partial charge in [0.25, 0.3) is 0 Å². The van der Waals surface area contributed by atoms with E-state index in [1.54, 1.807) is 24.8 Å². The minimum atomic E-state index is 0.542. The molecule has 0 aliphatic rings. The zero-order valence-corrected chi connectivity index (χ0v) is 32.1. The first-order chi connectivity index (χ1) is 29.7. The summed E-state index contributed by atoms with van der Waals surface area (Å²) in [5.41, 5.74) is 12.3. The number of hydrogen-bond acceptors (Lipinski definition) is 7. The van der Waals surface area contributed by atoms with E-state index in [4.69, 9.17) is 24.9 Å². The zero-order chi connectivity index (χ0) is 39.8. The smallest absolute Gasteiger partial charge is 0.164 e. The van der Waals surface area contributed by atoms with Crippen LogP contribution in [0.2, 0.25) is 0 Å². The number of rotatable bonds is 8. The van der Waals surface area contributed by atoms with Gasteiger partial charge in [0.1, 0.15) is 11.6 Å². The first-order valence-corrected chi connectivity index (χ1v) is 19.6. The summed E-state index contributed by atoms with van der Waals surface area (Å²) in [7, 11) is 0. The van der Waals surface area contributed by atoms with Gasteiger partial charge in [-0.25, -0.2) is 24.9 Å². The van der Waals surface area contributed by atoms with Crippen LogP contribution in [0.15, 0.2) is 201 Å². The van der Waals surface area contributed by atoms with Gasteiger partial charge in [0.05, 0.1) is 33.4 Å². The Morgan fingerprint density at radius 1 is 0.300 bits per heavy atom. The van der Waals surface area contributed by atoms with Crippen LogP contribution in [-0.2, 0) is 0 Å². The van der Waals surface area contributed by atoms with E-state index in [2.05, 4.69) is 79.8 Å². The molecule has 5 heterocycles. The van der Waals surface area contributed by atoms with Crippen molar-refractivity contribution < 1.29 is 0 Å². The van der Waals surface area contributed by atoms with Crippen LogP contribution in [0, 0.1) is 0 Å². The molecule has 0 saturated heterocycles. The fourth-order valence-electron chi connectivity index (χ4n) is 7.85. The molecule has 0 bridgehead atoms. The molecule has 282 valence electrons. The van der Waals surface area contributed by atoms with Gasteiger partial charge in [-0.1, -0.05) is 115 Å². The number of pyridine rings is 2. The molecule has 0 atom stereocenters. The van der Waals surface area contributed by atoms with Gasteiger partial charge >= 0.3 is 0 Å². The minimum Gasteiger partial charge on any atom is -0.292 e. The van der Waals surface area contributed by atoms with E-state index in [9.17, 15) is 0 Å². The Morgan fingerprint density at radius 2 is 0.717 bits per heavy atom. The van der Waals surface area contributed by atoms with Crippen molar-refractivity contribution in [3.8, 4) is 79.4 Å². The summed E-state index contributed by atoms with van der Waals surface area (Å²) >= 11 is 0. The number of imidazole rings is 2. The van der Waals surface area contributed by atoms with Crippen molar-refractivity contribution in [2.75, 3.05) is 0 Å². The quantitative estimate of drug-likeness (QED) is 0.152. The van der Waals surface area contributed by atoms with Crippen LogP contribution < -0.4 is 0 Å². The van der Waals surface area contributed by atoms with Gasteiger partial charge in [-0.05, 0) is 71.8 Å². The van der Waals surface area contributed by atoms with Crippen molar-refractivity contribution in [3.63, 3.8) is 0 Å². The standard InChI is InChI=1S/C51H33N9/c1-2-12-34(13-3-1)41-18-4-5-19-42(41)49-57-47(35-14-10-16-37(32-35)50-54-43-20-6-8-22-45(43)59(50)39-24-28-52-29-25-39)56-48(58-49)36-15-11-17-38(33-36)51-55-44-21-7-9-23-46(44)60(51)40-26-30-53-31-27-40/h1-33H. The van der Waals surface area contributed by atoms with Crippen molar-refractivity contribution in [1.29, 1.82) is 0 Å². The van der Waals surface area contributed by atoms with Crippen LogP contribution in [0.25, 0.3) is 102 Å². The highest BCUT2D eigenvalue weighted by atomic mass is 15.1. The van der Waals surface area contributed by atoms with Gasteiger partial charge in [-0.2, -0.15) is 0 Å². The fourth-order valence-corrected chi connectivity index (χ4v) is 7.85. The van der Waals surface area contributed by atoms with Gasteiger partial charge < -0.3 is 0 Å². The van der Waals surface area contributed by atoms with Gasteiger partial charge in [0.2, 0.25) is 0 Å². The lowest BCUT2D eigenvalue weighted by molar-refractivity contribution is 1.07. The molecular formula is C51H33N9. The molecule has 11 rings (SSSR count). The number of nitrogens with zero attached hydrogens (tertiary/aromatic N) is 9. The SMILES string of the molecule is c1ccc(-c2ccccc2-c2nc(-c3cccc(-c4nc5ccccc5n4-c4ccncc4)c3)nc(-c3cccc(-c4nc5ccccc5n4-c4ccncc4)c3)n2)cc1. The van der Waals surface area contributed by atoms with Crippen LogP contribution in [0.3, 0.4) is 0 Å². The molecule has 0 amide bonds. The third kappa shape index (κ3) is 6.27. The Kier molecular flexibility index (Phi) is 8.59. The summed E-state index contributed by atoms with van der Waals surface area (Å²) in [5, 5.41) is 0. The molecule has 60 heavy (non-hydrogen) atoms. The van der Waals surface area contributed by atoms with Crippen LogP contribution >= 0.6 is 0 Å². The van der Waals surface area contributed by atoms with E-state index < -0.39 is 0 Å².